The summed E-state index contributed by atoms with van der Waals surface area (Å²) in [6.45, 7) is 27.5. The number of para-hydroxylation sites is 1. The molecule has 0 N–H and O–H groups in total. The van der Waals surface area contributed by atoms with E-state index in [9.17, 15) is 0 Å². The lowest BCUT2D eigenvalue weighted by Crippen LogP contribution is -2.61. The lowest BCUT2D eigenvalue weighted by atomic mass is 9.35. The Labute approximate surface area is 289 Å². The Bertz CT molecular complexity index is 2010. The number of hydrogen-bond donors (Lipinski definition) is 0. The average Bonchev–Trinajstić information content (AvgIpc) is 3.42. The molecule has 2 aliphatic heterocycles. The van der Waals surface area contributed by atoms with Crippen LogP contribution >= 0.6 is 0 Å². The number of hydrogen-bond acceptors (Lipinski definition) is 3. The molecule has 0 spiro atoms. The summed E-state index contributed by atoms with van der Waals surface area (Å²) >= 11 is 0. The van der Waals surface area contributed by atoms with Crippen LogP contribution in [0.2, 0.25) is 0 Å². The Morgan fingerprint density at radius 3 is 1.46 bits per heavy atom. The van der Waals surface area contributed by atoms with Crippen LogP contribution in [0.1, 0.15) is 106 Å². The van der Waals surface area contributed by atoms with Crippen LogP contribution in [0.5, 0.6) is 0 Å². The number of nitrogens with zero attached hydrogens (tertiary/aromatic N) is 2. The minimum atomic E-state index is -0.175. The molecule has 0 fully saturated rings. The van der Waals surface area contributed by atoms with E-state index in [-0.39, 0.29) is 28.4 Å². The van der Waals surface area contributed by atoms with Gasteiger partial charge in [0, 0.05) is 39.4 Å². The number of anilines is 6. The van der Waals surface area contributed by atoms with Crippen LogP contribution in [-0.2, 0) is 21.7 Å². The Morgan fingerprint density at radius 2 is 0.958 bits per heavy atom. The number of benzene rings is 4. The monoisotopic (exact) mass is 634 g/mol. The first-order valence-electron chi connectivity index (χ1n) is 17.6. The van der Waals surface area contributed by atoms with Gasteiger partial charge in [0.05, 0.1) is 11.3 Å². The molecule has 0 saturated heterocycles. The number of furan rings is 1. The Hall–Kier alpha value is -4.18. The highest BCUT2D eigenvalue weighted by atomic mass is 16.3. The zero-order valence-electron chi connectivity index (χ0n) is 31.0. The summed E-state index contributed by atoms with van der Waals surface area (Å²) in [7, 11) is 0. The fourth-order valence-electron chi connectivity index (χ4n) is 7.69. The number of rotatable bonds is 2. The van der Waals surface area contributed by atoms with E-state index in [0.717, 1.165) is 17.1 Å². The molecule has 5 aromatic rings. The van der Waals surface area contributed by atoms with Crippen LogP contribution < -0.4 is 26.4 Å². The van der Waals surface area contributed by atoms with Crippen molar-refractivity contribution < 1.29 is 4.42 Å². The lowest BCUT2D eigenvalue weighted by Gasteiger charge is -2.43. The first-order chi connectivity index (χ1) is 22.4. The average molecular weight is 635 g/mol. The van der Waals surface area contributed by atoms with Crippen LogP contribution in [0.4, 0.5) is 34.1 Å². The van der Waals surface area contributed by atoms with Crippen molar-refractivity contribution in [3.05, 3.63) is 113 Å². The molecular weight excluding hydrogens is 583 g/mol. The van der Waals surface area contributed by atoms with E-state index in [4.69, 9.17) is 4.42 Å². The maximum Gasteiger partial charge on any atom is 0.297 e. The molecule has 4 heteroatoms. The topological polar surface area (TPSA) is 19.6 Å². The van der Waals surface area contributed by atoms with Crippen molar-refractivity contribution in [2.75, 3.05) is 9.80 Å². The SMILES string of the molecule is CC(C)(C)c1ccc(N2c3ccccc3B3c4oc(C(C)(C)C)c(C(C)(C)C)c4N(c4ccc(C(C)(C)C)cc4)c4cccc2c43)cc1. The van der Waals surface area contributed by atoms with E-state index >= 15 is 0 Å². The second-order valence-electron chi connectivity index (χ2n) is 18.0. The van der Waals surface area contributed by atoms with Gasteiger partial charge in [-0.05, 0) is 80.8 Å². The largest absolute Gasteiger partial charge is 0.472 e. The highest BCUT2D eigenvalue weighted by molar-refractivity contribution is 6.99. The zero-order chi connectivity index (χ0) is 34.6. The van der Waals surface area contributed by atoms with Gasteiger partial charge in [-0.3, -0.25) is 0 Å². The molecule has 7 rings (SSSR count). The van der Waals surface area contributed by atoms with Crippen molar-refractivity contribution >= 4 is 57.4 Å². The summed E-state index contributed by atoms with van der Waals surface area (Å²) in [6.07, 6.45) is 0. The van der Waals surface area contributed by atoms with Crippen LogP contribution in [0, 0.1) is 0 Å². The predicted octanol–water partition coefficient (Wildman–Crippen LogP) is 10.6. The molecule has 0 amide bonds. The van der Waals surface area contributed by atoms with Gasteiger partial charge in [-0.1, -0.05) is 132 Å². The smallest absolute Gasteiger partial charge is 0.297 e. The van der Waals surface area contributed by atoms with E-state index in [1.165, 1.54) is 56.1 Å². The van der Waals surface area contributed by atoms with Crippen molar-refractivity contribution in [1.82, 2.24) is 0 Å². The molecule has 0 atom stereocenters. The second kappa shape index (κ2) is 10.7. The summed E-state index contributed by atoms with van der Waals surface area (Å²) in [5.41, 5.74) is 14.5. The van der Waals surface area contributed by atoms with Crippen molar-refractivity contribution in [2.24, 2.45) is 0 Å². The Morgan fingerprint density at radius 1 is 0.479 bits per heavy atom. The van der Waals surface area contributed by atoms with E-state index in [2.05, 4.69) is 184 Å². The summed E-state index contributed by atoms with van der Waals surface area (Å²) in [4.78, 5) is 4.96. The van der Waals surface area contributed by atoms with Gasteiger partial charge < -0.3 is 14.2 Å². The zero-order valence-corrected chi connectivity index (χ0v) is 31.0. The Kier molecular flexibility index (Phi) is 7.19. The normalized spacial score (nSPS) is 14.5. The molecule has 0 bridgehead atoms. The van der Waals surface area contributed by atoms with Gasteiger partial charge in [0.25, 0.3) is 6.71 Å². The van der Waals surface area contributed by atoms with E-state index in [1.807, 2.05) is 0 Å². The fraction of sp³-hybridized carbons (Fsp3) is 0.364. The first-order valence-corrected chi connectivity index (χ1v) is 17.6. The summed E-state index contributed by atoms with van der Waals surface area (Å²) < 4.78 is 7.30. The summed E-state index contributed by atoms with van der Waals surface area (Å²) in [6, 6.07) is 34.2. The molecule has 0 unspecified atom stereocenters. The van der Waals surface area contributed by atoms with Crippen molar-refractivity contribution in [3.63, 3.8) is 0 Å². The second-order valence-corrected chi connectivity index (χ2v) is 18.0. The molecule has 4 aromatic carbocycles. The van der Waals surface area contributed by atoms with Crippen LogP contribution in [0.3, 0.4) is 0 Å². The minimum absolute atomic E-state index is 0.0326. The van der Waals surface area contributed by atoms with E-state index in [0.29, 0.717) is 0 Å². The van der Waals surface area contributed by atoms with Gasteiger partial charge >= 0.3 is 0 Å². The summed E-state index contributed by atoms with van der Waals surface area (Å²) in [5, 5.41) is 0. The highest BCUT2D eigenvalue weighted by Crippen LogP contribution is 2.50. The maximum atomic E-state index is 7.30. The molecule has 3 heterocycles. The highest BCUT2D eigenvalue weighted by Gasteiger charge is 2.49. The van der Waals surface area contributed by atoms with Crippen LogP contribution in [0.15, 0.2) is 95.4 Å². The van der Waals surface area contributed by atoms with Gasteiger partial charge in [-0.15, -0.1) is 0 Å². The van der Waals surface area contributed by atoms with Crippen LogP contribution in [-0.4, -0.2) is 6.71 Å². The van der Waals surface area contributed by atoms with E-state index < -0.39 is 0 Å². The molecular formula is C44H51BN2O. The third kappa shape index (κ3) is 5.11. The fourth-order valence-corrected chi connectivity index (χ4v) is 7.69. The minimum Gasteiger partial charge on any atom is -0.472 e. The number of fused-ring (bicyclic) bond motifs is 4. The molecule has 246 valence electrons. The first kappa shape index (κ1) is 32.4. The molecule has 2 aliphatic rings. The van der Waals surface area contributed by atoms with Gasteiger partial charge in [-0.2, -0.15) is 0 Å². The van der Waals surface area contributed by atoms with Crippen LogP contribution in [0.25, 0.3) is 0 Å². The standard InChI is InChI=1S/C44H51BN2O/c1-41(2,3)28-20-24-30(25-21-28)46-33-17-14-13-16-32(33)45-37-34(46)18-15-19-35(37)47(31-26-22-29(23-27-31)42(4,5)6)38-36(43(7,8)9)39(44(10,11)12)48-40(38)45/h13-27H,1-12H3. The lowest BCUT2D eigenvalue weighted by molar-refractivity contribution is 0.404. The third-order valence-electron chi connectivity index (χ3n) is 10.1. The molecule has 1 aromatic heterocycles. The maximum absolute atomic E-state index is 7.30. The van der Waals surface area contributed by atoms with Gasteiger partial charge in [0.1, 0.15) is 5.76 Å². The summed E-state index contributed by atoms with van der Waals surface area (Å²) in [5.74, 6) is 1.07. The van der Waals surface area contributed by atoms with Crippen molar-refractivity contribution in [3.8, 4) is 0 Å². The molecule has 0 radical (unpaired) electrons. The van der Waals surface area contributed by atoms with Gasteiger partial charge in [-0.25, -0.2) is 0 Å². The van der Waals surface area contributed by atoms with Gasteiger partial charge in [0.15, 0.2) is 0 Å². The van der Waals surface area contributed by atoms with Crippen molar-refractivity contribution in [1.29, 1.82) is 0 Å². The molecule has 48 heavy (non-hydrogen) atoms. The molecule has 3 nitrogen and oxygen atoms in total. The quantitative estimate of drug-likeness (QED) is 0.177. The third-order valence-corrected chi connectivity index (χ3v) is 10.1. The van der Waals surface area contributed by atoms with Gasteiger partial charge in [0.2, 0.25) is 0 Å². The predicted molar refractivity (Wildman–Crippen MR) is 208 cm³/mol. The van der Waals surface area contributed by atoms with E-state index in [1.54, 1.807) is 0 Å². The molecule has 0 saturated carbocycles. The Balaban J connectivity index is 1.56. The van der Waals surface area contributed by atoms with Crippen molar-refractivity contribution in [2.45, 2.75) is 105 Å². The molecule has 0 aliphatic carbocycles.